The van der Waals surface area contributed by atoms with Crippen LogP contribution in [0.1, 0.15) is 79.7 Å². The van der Waals surface area contributed by atoms with Gasteiger partial charge in [-0.15, -0.1) is 0 Å². The number of carboxylic acids is 2. The fourth-order valence-corrected chi connectivity index (χ4v) is 3.08. The van der Waals surface area contributed by atoms with E-state index in [0.29, 0.717) is 18.6 Å². The second-order valence-corrected chi connectivity index (χ2v) is 8.19. The molecule has 0 amide bonds. The fourth-order valence-electron chi connectivity index (χ4n) is 3.08. The minimum atomic E-state index is -1.18. The Bertz CT molecular complexity index is 670. The van der Waals surface area contributed by atoms with E-state index < -0.39 is 23.1 Å². The Morgan fingerprint density at radius 2 is 1.68 bits per heavy atom. The number of benzene rings is 1. The van der Waals surface area contributed by atoms with Gasteiger partial charge in [-0.05, 0) is 77.1 Å². The minimum absolute atomic E-state index is 0.0790. The monoisotopic (exact) mass is 394 g/mol. The summed E-state index contributed by atoms with van der Waals surface area (Å²) < 4.78 is 17.7. The zero-order valence-corrected chi connectivity index (χ0v) is 17.0. The molecular weight excluding hydrogens is 364 g/mol. The van der Waals surface area contributed by atoms with Crippen LogP contribution in [0.5, 0.6) is 0 Å². The second-order valence-electron chi connectivity index (χ2n) is 8.19. The molecule has 0 saturated carbocycles. The highest BCUT2D eigenvalue weighted by Gasteiger charge is 2.29. The molecule has 1 aromatic carbocycles. The van der Waals surface area contributed by atoms with Gasteiger partial charge < -0.3 is 24.4 Å². The van der Waals surface area contributed by atoms with E-state index in [1.165, 1.54) is 12.1 Å². The van der Waals surface area contributed by atoms with Crippen molar-refractivity contribution in [1.82, 2.24) is 0 Å². The van der Waals surface area contributed by atoms with Crippen LogP contribution >= 0.6 is 0 Å². The lowest BCUT2D eigenvalue weighted by atomic mass is 9.93. The zero-order valence-electron chi connectivity index (χ0n) is 17.0. The van der Waals surface area contributed by atoms with Gasteiger partial charge in [0.05, 0.1) is 28.9 Å². The highest BCUT2D eigenvalue weighted by atomic mass is 16.7. The van der Waals surface area contributed by atoms with Gasteiger partial charge in [-0.2, -0.15) is 0 Å². The maximum Gasteiger partial charge on any atom is 0.335 e. The molecule has 28 heavy (non-hydrogen) atoms. The summed E-state index contributed by atoms with van der Waals surface area (Å²) in [5.74, 6) is -2.36. The van der Waals surface area contributed by atoms with Crippen LogP contribution in [-0.4, -0.2) is 47.3 Å². The molecule has 1 aliphatic heterocycles. The molecule has 1 aliphatic rings. The number of hydrogen-bond acceptors (Lipinski definition) is 5. The summed E-state index contributed by atoms with van der Waals surface area (Å²) >= 11 is 0. The summed E-state index contributed by atoms with van der Waals surface area (Å²) in [5.41, 5.74) is -0.950. The predicted molar refractivity (Wildman–Crippen MR) is 103 cm³/mol. The molecule has 0 aromatic heterocycles. The minimum Gasteiger partial charge on any atom is -0.478 e. The molecule has 7 heteroatoms. The maximum absolute atomic E-state index is 11.3. The number of aromatic carboxylic acids is 2. The third-order valence-corrected chi connectivity index (χ3v) is 4.88. The quantitative estimate of drug-likeness (QED) is 0.651. The van der Waals surface area contributed by atoms with E-state index in [-0.39, 0.29) is 17.4 Å². The van der Waals surface area contributed by atoms with Gasteiger partial charge in [-0.3, -0.25) is 0 Å². The number of ether oxygens (including phenoxy) is 3. The van der Waals surface area contributed by atoms with E-state index in [1.54, 1.807) is 13.8 Å². The first kappa shape index (κ1) is 22.3. The van der Waals surface area contributed by atoms with Crippen LogP contribution in [0.15, 0.2) is 18.2 Å². The van der Waals surface area contributed by atoms with Gasteiger partial charge in [0, 0.05) is 6.61 Å². The lowest BCUT2D eigenvalue weighted by Gasteiger charge is -2.34. The van der Waals surface area contributed by atoms with Crippen LogP contribution in [0, 0.1) is 0 Å². The topological polar surface area (TPSA) is 102 Å². The summed E-state index contributed by atoms with van der Waals surface area (Å²) in [6, 6.07) is 4.05. The second kappa shape index (κ2) is 9.03. The Labute approximate surface area is 165 Å². The van der Waals surface area contributed by atoms with E-state index in [0.717, 1.165) is 31.9 Å². The molecule has 7 nitrogen and oxygen atoms in total. The number of carboxylic acid groups (broad SMARTS) is 2. The van der Waals surface area contributed by atoms with Gasteiger partial charge in [-0.25, -0.2) is 9.59 Å². The number of hydrogen-bond donors (Lipinski definition) is 2. The Hall–Kier alpha value is -1.96. The molecule has 1 unspecified atom stereocenters. The highest BCUT2D eigenvalue weighted by molar-refractivity contribution is 5.94. The van der Waals surface area contributed by atoms with Crippen molar-refractivity contribution in [3.63, 3.8) is 0 Å². The van der Waals surface area contributed by atoms with Crippen LogP contribution in [-0.2, 0) is 19.8 Å². The molecule has 156 valence electrons. The Balaban J connectivity index is 2.02. The average Bonchev–Trinajstić information content (AvgIpc) is 2.61. The van der Waals surface area contributed by atoms with Crippen molar-refractivity contribution in [3.8, 4) is 0 Å². The van der Waals surface area contributed by atoms with Crippen LogP contribution in [0.3, 0.4) is 0 Å². The molecule has 0 spiro atoms. The van der Waals surface area contributed by atoms with Crippen molar-refractivity contribution in [2.75, 3.05) is 13.2 Å². The van der Waals surface area contributed by atoms with Gasteiger partial charge >= 0.3 is 11.9 Å². The molecule has 1 atom stereocenters. The molecule has 1 saturated heterocycles. The van der Waals surface area contributed by atoms with Crippen molar-refractivity contribution in [2.45, 2.75) is 70.9 Å². The molecule has 2 N–H and O–H groups in total. The molecule has 0 aliphatic carbocycles. The summed E-state index contributed by atoms with van der Waals surface area (Å²) in [5, 5.41) is 18.5. The van der Waals surface area contributed by atoms with Crippen LogP contribution in [0.4, 0.5) is 0 Å². The van der Waals surface area contributed by atoms with Crippen molar-refractivity contribution < 1.29 is 34.0 Å². The summed E-state index contributed by atoms with van der Waals surface area (Å²) in [7, 11) is 0. The van der Waals surface area contributed by atoms with Crippen molar-refractivity contribution in [1.29, 1.82) is 0 Å². The van der Waals surface area contributed by atoms with Gasteiger partial charge in [0.15, 0.2) is 6.29 Å². The molecular formula is C21H30O7. The van der Waals surface area contributed by atoms with E-state index >= 15 is 0 Å². The fraction of sp³-hybridized carbons (Fsp3) is 0.619. The van der Waals surface area contributed by atoms with E-state index in [2.05, 4.69) is 0 Å². The normalized spacial score (nSPS) is 18.1. The number of carbonyl (C=O) groups is 2. The van der Waals surface area contributed by atoms with Crippen LogP contribution in [0.25, 0.3) is 0 Å². The lowest BCUT2D eigenvalue weighted by molar-refractivity contribution is -0.220. The molecule has 2 rings (SSSR count). The number of rotatable bonds is 9. The standard InChI is InChI=1S/C21H30O7/c1-20(2,28-17-7-5-6-9-26-17)8-10-27-21(3,4)16-12-14(18(22)23)11-15(13-16)19(24)25/h11-13,17H,5-10H2,1-4H3,(H,22,23)(H,24,25). The van der Waals surface area contributed by atoms with E-state index in [9.17, 15) is 19.8 Å². The van der Waals surface area contributed by atoms with Gasteiger partial charge in [0.1, 0.15) is 0 Å². The SMILES string of the molecule is CC(C)(CCOC(C)(C)c1cc(C(=O)O)cc(C(=O)O)c1)OC1CCCCO1. The Morgan fingerprint density at radius 1 is 1.07 bits per heavy atom. The third-order valence-electron chi connectivity index (χ3n) is 4.88. The highest BCUT2D eigenvalue weighted by Crippen LogP contribution is 2.29. The van der Waals surface area contributed by atoms with Crippen molar-refractivity contribution in [3.05, 3.63) is 34.9 Å². The Kier molecular flexibility index (Phi) is 7.20. The van der Waals surface area contributed by atoms with Crippen molar-refractivity contribution >= 4 is 11.9 Å². The molecule has 1 aromatic rings. The molecule has 1 fully saturated rings. The third kappa shape index (κ3) is 6.29. The molecule has 1 heterocycles. The van der Waals surface area contributed by atoms with E-state index in [1.807, 2.05) is 13.8 Å². The average molecular weight is 394 g/mol. The molecule has 0 bridgehead atoms. The first-order chi connectivity index (χ1) is 13.0. The molecule has 0 radical (unpaired) electrons. The lowest BCUT2D eigenvalue weighted by Crippen LogP contribution is -2.36. The largest absolute Gasteiger partial charge is 0.478 e. The summed E-state index contributed by atoms with van der Waals surface area (Å²) in [6.45, 7) is 8.63. The maximum atomic E-state index is 11.3. The first-order valence-electron chi connectivity index (χ1n) is 9.56. The van der Waals surface area contributed by atoms with Crippen LogP contribution < -0.4 is 0 Å². The summed E-state index contributed by atoms with van der Waals surface area (Å²) in [6.07, 6.45) is 3.46. The first-order valence-corrected chi connectivity index (χ1v) is 9.56. The van der Waals surface area contributed by atoms with Crippen molar-refractivity contribution in [2.24, 2.45) is 0 Å². The van der Waals surface area contributed by atoms with Gasteiger partial charge in [0.25, 0.3) is 0 Å². The van der Waals surface area contributed by atoms with E-state index in [4.69, 9.17) is 14.2 Å². The Morgan fingerprint density at radius 3 is 2.18 bits per heavy atom. The zero-order chi connectivity index (χ0) is 20.9. The predicted octanol–water partition coefficient (Wildman–Crippen LogP) is 4.05. The van der Waals surface area contributed by atoms with Gasteiger partial charge in [0.2, 0.25) is 0 Å². The summed E-state index contributed by atoms with van der Waals surface area (Å²) in [4.78, 5) is 22.7. The smallest absolute Gasteiger partial charge is 0.335 e. The van der Waals surface area contributed by atoms with Gasteiger partial charge in [-0.1, -0.05) is 0 Å². The van der Waals surface area contributed by atoms with Crippen LogP contribution in [0.2, 0.25) is 0 Å².